The molecule has 0 bridgehead atoms. The van der Waals surface area contributed by atoms with Crippen LogP contribution >= 0.6 is 0 Å². The van der Waals surface area contributed by atoms with Gasteiger partial charge in [0.25, 0.3) is 0 Å². The van der Waals surface area contributed by atoms with Crippen LogP contribution in [0.1, 0.15) is 103 Å². The smallest absolute Gasteiger partial charge is 0.328 e. The first-order valence-corrected chi connectivity index (χ1v) is 12.9. The van der Waals surface area contributed by atoms with E-state index in [4.69, 9.17) is 21.3 Å². The van der Waals surface area contributed by atoms with Gasteiger partial charge < -0.3 is 31.9 Å². The minimum Gasteiger partial charge on any atom is -0.462 e. The van der Waals surface area contributed by atoms with Crippen LogP contribution in [0.5, 0.6) is 0 Å². The Hall–Kier alpha value is -1.80. The molecule has 0 spiro atoms. The third kappa shape index (κ3) is 20.5. The van der Waals surface area contributed by atoms with Crippen molar-refractivity contribution >= 4 is 11.9 Å². The first-order chi connectivity index (χ1) is 15.9. The van der Waals surface area contributed by atoms with Crippen molar-refractivity contribution in [1.29, 1.82) is 0 Å². The van der Waals surface area contributed by atoms with Crippen LogP contribution in [0.2, 0.25) is 0 Å². The van der Waals surface area contributed by atoms with E-state index in [0.717, 1.165) is 19.3 Å². The lowest BCUT2D eigenvalue weighted by atomic mass is 10.0. The first kappa shape index (κ1) is 31.2. The normalized spacial score (nSPS) is 12.7. The van der Waals surface area contributed by atoms with Crippen molar-refractivity contribution in [2.24, 2.45) is 11.5 Å². The van der Waals surface area contributed by atoms with Crippen LogP contribution < -0.4 is 22.1 Å². The van der Waals surface area contributed by atoms with Crippen LogP contribution in [0.25, 0.3) is 0 Å². The van der Waals surface area contributed by atoms with Crippen LogP contribution in [-0.4, -0.2) is 48.8 Å². The Morgan fingerprint density at radius 3 is 1.94 bits per heavy atom. The minimum absolute atomic E-state index is 0.0996. The monoisotopic (exact) mass is 470 g/mol. The van der Waals surface area contributed by atoms with Gasteiger partial charge in [-0.15, -0.1) is 0 Å². The molecule has 2 atom stereocenters. The highest BCUT2D eigenvalue weighted by Gasteiger charge is 2.22. The molecule has 0 aliphatic heterocycles. The molecule has 0 saturated heterocycles. The predicted octanol–water partition coefficient (Wildman–Crippen LogP) is 3.22. The van der Waals surface area contributed by atoms with Gasteiger partial charge in [-0.05, 0) is 12.8 Å². The van der Waals surface area contributed by atoms with E-state index in [9.17, 15) is 9.59 Å². The van der Waals surface area contributed by atoms with Gasteiger partial charge in [-0.2, -0.15) is 0 Å². The van der Waals surface area contributed by atoms with Crippen LogP contribution in [0.4, 0.5) is 0 Å². The number of aliphatic hydroxyl groups is 1. The van der Waals surface area contributed by atoms with E-state index in [-0.39, 0.29) is 19.1 Å². The van der Waals surface area contributed by atoms with Crippen LogP contribution in [-0.2, 0) is 14.3 Å². The number of rotatable bonds is 23. The molecule has 0 aromatic heterocycles. The van der Waals surface area contributed by atoms with Crippen LogP contribution in [0, 0.1) is 0 Å². The molecule has 0 aliphatic carbocycles. The van der Waals surface area contributed by atoms with Gasteiger partial charge in [0, 0.05) is 13.0 Å². The summed E-state index contributed by atoms with van der Waals surface area (Å²) in [5.74, 6) is -0.442. The SMILES string of the molecule is C=C(N)NCCC(NC(=O)CCCCCCCCCCCCCCC)C(=O)OC[C@@H](N)CO. The number of esters is 1. The topological polar surface area (TPSA) is 140 Å². The van der Waals surface area contributed by atoms with Gasteiger partial charge in [-0.25, -0.2) is 4.79 Å². The van der Waals surface area contributed by atoms with Crippen molar-refractivity contribution in [3.63, 3.8) is 0 Å². The van der Waals surface area contributed by atoms with Crippen molar-refractivity contribution in [1.82, 2.24) is 10.6 Å². The second kappa shape index (κ2) is 22.0. The van der Waals surface area contributed by atoms with Crippen molar-refractivity contribution < 1.29 is 19.4 Å². The molecule has 0 heterocycles. The van der Waals surface area contributed by atoms with E-state index >= 15 is 0 Å². The minimum atomic E-state index is -0.794. The molecule has 7 N–H and O–H groups in total. The number of aliphatic hydroxyl groups excluding tert-OH is 1. The Balaban J connectivity index is 3.96. The predicted molar refractivity (Wildman–Crippen MR) is 134 cm³/mol. The number of nitrogens with one attached hydrogen (secondary N) is 2. The second-order valence-electron chi connectivity index (χ2n) is 8.93. The summed E-state index contributed by atoms with van der Waals surface area (Å²) in [6.07, 6.45) is 16.9. The number of hydrogen-bond donors (Lipinski definition) is 5. The number of carbonyl (C=O) groups excluding carboxylic acids is 2. The molecule has 1 amide bonds. The number of amides is 1. The molecule has 194 valence electrons. The lowest BCUT2D eigenvalue weighted by molar-refractivity contribution is -0.148. The largest absolute Gasteiger partial charge is 0.462 e. The molecule has 0 aliphatic rings. The van der Waals surface area contributed by atoms with Gasteiger partial charge in [0.1, 0.15) is 12.6 Å². The van der Waals surface area contributed by atoms with Gasteiger partial charge in [-0.3, -0.25) is 4.79 Å². The maximum absolute atomic E-state index is 12.3. The van der Waals surface area contributed by atoms with Crippen LogP contribution in [0.3, 0.4) is 0 Å². The Bertz CT molecular complexity index is 517. The summed E-state index contributed by atoms with van der Waals surface area (Å²) < 4.78 is 5.12. The van der Waals surface area contributed by atoms with Gasteiger partial charge in [0.05, 0.1) is 18.5 Å². The average Bonchev–Trinajstić information content (AvgIpc) is 2.79. The fraction of sp³-hybridized carbons (Fsp3) is 0.840. The Morgan fingerprint density at radius 2 is 1.45 bits per heavy atom. The molecule has 8 nitrogen and oxygen atoms in total. The zero-order valence-electron chi connectivity index (χ0n) is 20.9. The molecule has 0 saturated carbocycles. The molecule has 0 fully saturated rings. The lowest BCUT2D eigenvalue weighted by Crippen LogP contribution is -2.45. The lowest BCUT2D eigenvalue weighted by Gasteiger charge is -2.19. The van der Waals surface area contributed by atoms with E-state index in [2.05, 4.69) is 24.1 Å². The fourth-order valence-electron chi connectivity index (χ4n) is 3.54. The van der Waals surface area contributed by atoms with Crippen LogP contribution in [0.15, 0.2) is 12.4 Å². The van der Waals surface area contributed by atoms with Crippen molar-refractivity contribution in [2.45, 2.75) is 115 Å². The fourth-order valence-corrected chi connectivity index (χ4v) is 3.54. The molecule has 33 heavy (non-hydrogen) atoms. The Morgan fingerprint density at radius 1 is 0.939 bits per heavy atom. The van der Waals surface area contributed by atoms with E-state index in [0.29, 0.717) is 25.2 Å². The maximum Gasteiger partial charge on any atom is 0.328 e. The van der Waals surface area contributed by atoms with Crippen molar-refractivity contribution in [3.05, 3.63) is 12.4 Å². The third-order valence-corrected chi connectivity index (χ3v) is 5.59. The molecule has 0 aromatic carbocycles. The van der Waals surface area contributed by atoms with E-state index in [1.165, 1.54) is 64.2 Å². The highest BCUT2D eigenvalue weighted by atomic mass is 16.5. The highest BCUT2D eigenvalue weighted by Crippen LogP contribution is 2.13. The average molecular weight is 471 g/mol. The first-order valence-electron chi connectivity index (χ1n) is 12.9. The number of hydrogen-bond acceptors (Lipinski definition) is 7. The molecule has 8 heteroatoms. The maximum atomic E-state index is 12.3. The summed E-state index contributed by atoms with van der Waals surface area (Å²) in [6, 6.07) is -1.43. The molecule has 0 aromatic rings. The Labute approximate surface area is 201 Å². The number of carbonyl (C=O) groups is 2. The molecular weight excluding hydrogens is 420 g/mol. The summed E-state index contributed by atoms with van der Waals surface area (Å²) in [6.45, 7) is 5.79. The number of unbranched alkanes of at least 4 members (excludes halogenated alkanes) is 12. The highest BCUT2D eigenvalue weighted by molar-refractivity contribution is 5.84. The van der Waals surface area contributed by atoms with Gasteiger partial charge in [-0.1, -0.05) is 90.6 Å². The zero-order valence-corrected chi connectivity index (χ0v) is 20.9. The number of ether oxygens (including phenoxy) is 1. The Kier molecular flexibility index (Phi) is 20.8. The summed E-state index contributed by atoms with van der Waals surface area (Å²) >= 11 is 0. The quantitative estimate of drug-likeness (QED) is 0.114. The molecule has 0 rings (SSSR count). The number of nitrogens with two attached hydrogens (primary N) is 2. The van der Waals surface area contributed by atoms with Gasteiger partial charge >= 0.3 is 5.97 Å². The van der Waals surface area contributed by atoms with Gasteiger partial charge in [0.15, 0.2) is 0 Å². The molecule has 1 unspecified atom stereocenters. The summed E-state index contributed by atoms with van der Waals surface area (Å²) in [4.78, 5) is 24.6. The van der Waals surface area contributed by atoms with E-state index in [1.807, 2.05) is 0 Å². The van der Waals surface area contributed by atoms with E-state index in [1.54, 1.807) is 0 Å². The van der Waals surface area contributed by atoms with Crippen molar-refractivity contribution in [3.8, 4) is 0 Å². The van der Waals surface area contributed by atoms with Gasteiger partial charge in [0.2, 0.25) is 5.91 Å². The summed E-state index contributed by atoms with van der Waals surface area (Å²) in [5.41, 5.74) is 11.1. The summed E-state index contributed by atoms with van der Waals surface area (Å²) in [5, 5.41) is 14.5. The van der Waals surface area contributed by atoms with Crippen molar-refractivity contribution in [2.75, 3.05) is 19.8 Å². The summed E-state index contributed by atoms with van der Waals surface area (Å²) in [7, 11) is 0. The molecule has 0 radical (unpaired) electrons. The zero-order chi connectivity index (χ0) is 24.7. The third-order valence-electron chi connectivity index (χ3n) is 5.59. The molecular formula is C25H50N4O4. The van der Waals surface area contributed by atoms with E-state index < -0.39 is 18.1 Å². The second-order valence-corrected chi connectivity index (χ2v) is 8.93. The standard InChI is InChI=1S/C25H50N4O4/c1-3-4-5-6-7-8-9-10-11-12-13-14-15-16-24(31)29-23(17-18-28-21(2)26)25(32)33-20-22(27)19-30/h22-23,28,30H,2-20,26-27H2,1H3,(H,29,31)/t22-,23?/m0/s1.